The summed E-state index contributed by atoms with van der Waals surface area (Å²) in [5.74, 6) is 0.501. The third-order valence-corrected chi connectivity index (χ3v) is 3.30. The molecule has 1 aromatic carbocycles. The molecule has 0 aliphatic heterocycles. The fraction of sp³-hybridized carbons (Fsp3) is 0.417. The van der Waals surface area contributed by atoms with E-state index in [1.165, 1.54) is 24.3 Å². The van der Waals surface area contributed by atoms with Crippen LogP contribution in [0.4, 0.5) is 4.39 Å². The third-order valence-electron chi connectivity index (χ3n) is 2.48. The van der Waals surface area contributed by atoms with Crippen LogP contribution < -0.4 is 0 Å². The Morgan fingerprint density at radius 1 is 1.44 bits per heavy atom. The number of halogens is 1. The number of amides is 1. The van der Waals surface area contributed by atoms with Crippen LogP contribution in [0.3, 0.4) is 0 Å². The molecule has 0 bridgehead atoms. The molecule has 1 rings (SSSR count). The number of nitrogens with zero attached hydrogens (tertiary/aromatic N) is 1. The zero-order chi connectivity index (χ0) is 12.1. The van der Waals surface area contributed by atoms with Crippen LogP contribution in [0.1, 0.15) is 17.3 Å². The highest BCUT2D eigenvalue weighted by molar-refractivity contribution is 7.98. The minimum Gasteiger partial charge on any atom is -0.338 e. The maximum atomic E-state index is 12.7. The molecular formula is C12H16FNOS. The highest BCUT2D eigenvalue weighted by Crippen LogP contribution is 2.10. The summed E-state index contributed by atoms with van der Waals surface area (Å²) in [6.45, 7) is 2.00. The summed E-state index contributed by atoms with van der Waals surface area (Å²) >= 11 is 1.70. The predicted molar refractivity (Wildman–Crippen MR) is 66.3 cm³/mol. The van der Waals surface area contributed by atoms with E-state index in [0.29, 0.717) is 5.56 Å². The molecular weight excluding hydrogens is 225 g/mol. The van der Waals surface area contributed by atoms with Gasteiger partial charge in [0.1, 0.15) is 5.82 Å². The zero-order valence-electron chi connectivity index (χ0n) is 9.74. The molecule has 1 atom stereocenters. The van der Waals surface area contributed by atoms with Crippen LogP contribution in [0.15, 0.2) is 24.3 Å². The van der Waals surface area contributed by atoms with Crippen molar-refractivity contribution < 1.29 is 9.18 Å². The summed E-state index contributed by atoms with van der Waals surface area (Å²) in [5.41, 5.74) is 0.525. The lowest BCUT2D eigenvalue weighted by Crippen LogP contribution is -2.36. The van der Waals surface area contributed by atoms with Crippen molar-refractivity contribution in [1.29, 1.82) is 0 Å². The molecule has 0 saturated heterocycles. The van der Waals surface area contributed by atoms with Gasteiger partial charge in [-0.2, -0.15) is 11.8 Å². The number of hydrogen-bond donors (Lipinski definition) is 0. The Labute approximate surface area is 99.8 Å². The number of thioether (sulfide) groups is 1. The average Bonchev–Trinajstić information content (AvgIpc) is 2.28. The van der Waals surface area contributed by atoms with Gasteiger partial charge in [-0.1, -0.05) is 0 Å². The second kappa shape index (κ2) is 5.89. The minimum atomic E-state index is -0.323. The molecule has 0 aromatic heterocycles. The van der Waals surface area contributed by atoms with E-state index in [1.54, 1.807) is 23.7 Å². The molecule has 0 fully saturated rings. The van der Waals surface area contributed by atoms with Gasteiger partial charge >= 0.3 is 0 Å². The SMILES string of the molecule is CSCC(C)N(C)C(=O)c1ccc(F)cc1. The quantitative estimate of drug-likeness (QED) is 0.807. The van der Waals surface area contributed by atoms with Gasteiger partial charge in [-0.25, -0.2) is 4.39 Å². The van der Waals surface area contributed by atoms with Crippen molar-refractivity contribution in [2.45, 2.75) is 13.0 Å². The molecule has 1 aromatic rings. The summed E-state index contributed by atoms with van der Waals surface area (Å²) < 4.78 is 12.7. The summed E-state index contributed by atoms with van der Waals surface area (Å²) in [7, 11) is 1.77. The van der Waals surface area contributed by atoms with E-state index < -0.39 is 0 Å². The van der Waals surface area contributed by atoms with Crippen molar-refractivity contribution >= 4 is 17.7 Å². The van der Waals surface area contributed by atoms with Crippen molar-refractivity contribution in [1.82, 2.24) is 4.90 Å². The molecule has 0 aliphatic rings. The van der Waals surface area contributed by atoms with Crippen LogP contribution in [-0.4, -0.2) is 35.9 Å². The smallest absolute Gasteiger partial charge is 0.253 e. The highest BCUT2D eigenvalue weighted by atomic mass is 32.2. The minimum absolute atomic E-state index is 0.0680. The van der Waals surface area contributed by atoms with E-state index in [4.69, 9.17) is 0 Å². The summed E-state index contributed by atoms with van der Waals surface area (Å²) in [4.78, 5) is 13.7. The number of hydrogen-bond acceptors (Lipinski definition) is 2. The van der Waals surface area contributed by atoms with Gasteiger partial charge in [-0.3, -0.25) is 4.79 Å². The Hall–Kier alpha value is -1.03. The lowest BCUT2D eigenvalue weighted by molar-refractivity contribution is 0.0757. The van der Waals surface area contributed by atoms with Crippen LogP contribution >= 0.6 is 11.8 Å². The molecule has 0 aliphatic carbocycles. The lowest BCUT2D eigenvalue weighted by Gasteiger charge is -2.24. The van der Waals surface area contributed by atoms with Crippen molar-refractivity contribution in [3.63, 3.8) is 0 Å². The van der Waals surface area contributed by atoms with E-state index in [-0.39, 0.29) is 17.8 Å². The van der Waals surface area contributed by atoms with Crippen molar-refractivity contribution in [2.24, 2.45) is 0 Å². The van der Waals surface area contributed by atoms with E-state index in [2.05, 4.69) is 0 Å². The molecule has 0 heterocycles. The Kier molecular flexibility index (Phi) is 4.80. The Balaban J connectivity index is 2.73. The second-order valence-corrected chi connectivity index (χ2v) is 4.64. The summed E-state index contributed by atoms with van der Waals surface area (Å²) in [6, 6.07) is 5.81. The third kappa shape index (κ3) is 3.23. The Bertz CT molecular complexity index is 353. The number of rotatable bonds is 4. The molecule has 88 valence electrons. The van der Waals surface area contributed by atoms with Gasteiger partial charge in [0.2, 0.25) is 0 Å². The predicted octanol–water partition coefficient (Wildman–Crippen LogP) is 2.65. The van der Waals surface area contributed by atoms with Crippen LogP contribution in [-0.2, 0) is 0 Å². The molecule has 0 N–H and O–H groups in total. The molecule has 2 nitrogen and oxygen atoms in total. The van der Waals surface area contributed by atoms with Gasteiger partial charge < -0.3 is 4.90 Å². The molecule has 0 radical (unpaired) electrons. The van der Waals surface area contributed by atoms with Crippen LogP contribution in [0.5, 0.6) is 0 Å². The first-order valence-corrected chi connectivity index (χ1v) is 6.47. The van der Waals surface area contributed by atoms with Crippen LogP contribution in [0.25, 0.3) is 0 Å². The molecule has 1 amide bonds. The van der Waals surface area contributed by atoms with Gasteiger partial charge in [0.25, 0.3) is 5.91 Å². The first-order valence-electron chi connectivity index (χ1n) is 5.08. The lowest BCUT2D eigenvalue weighted by atomic mass is 10.2. The van der Waals surface area contributed by atoms with Gasteiger partial charge in [0.15, 0.2) is 0 Å². The Morgan fingerprint density at radius 2 is 2.00 bits per heavy atom. The number of carbonyl (C=O) groups excluding carboxylic acids is 1. The van der Waals surface area contributed by atoms with E-state index in [1.807, 2.05) is 13.2 Å². The van der Waals surface area contributed by atoms with Crippen molar-refractivity contribution in [2.75, 3.05) is 19.1 Å². The first-order chi connectivity index (χ1) is 7.56. The van der Waals surface area contributed by atoms with Crippen molar-refractivity contribution in [3.05, 3.63) is 35.6 Å². The van der Waals surface area contributed by atoms with Gasteiger partial charge in [-0.15, -0.1) is 0 Å². The zero-order valence-corrected chi connectivity index (χ0v) is 10.6. The first kappa shape index (κ1) is 13.0. The second-order valence-electron chi connectivity index (χ2n) is 3.73. The maximum Gasteiger partial charge on any atom is 0.253 e. The normalized spacial score (nSPS) is 12.2. The van der Waals surface area contributed by atoms with E-state index >= 15 is 0 Å². The fourth-order valence-corrected chi connectivity index (χ4v) is 2.06. The van der Waals surface area contributed by atoms with Gasteiger partial charge in [0, 0.05) is 24.4 Å². The standard InChI is InChI=1S/C12H16FNOS/c1-9(8-16-3)14(2)12(15)10-4-6-11(13)7-5-10/h4-7,9H,8H2,1-3H3. The highest BCUT2D eigenvalue weighted by Gasteiger charge is 2.16. The maximum absolute atomic E-state index is 12.7. The van der Waals surface area contributed by atoms with E-state index in [9.17, 15) is 9.18 Å². The van der Waals surface area contributed by atoms with E-state index in [0.717, 1.165) is 5.75 Å². The molecule has 0 spiro atoms. The molecule has 0 saturated carbocycles. The number of carbonyl (C=O) groups is 1. The molecule has 16 heavy (non-hydrogen) atoms. The van der Waals surface area contributed by atoms with Gasteiger partial charge in [0.05, 0.1) is 0 Å². The fourth-order valence-electron chi connectivity index (χ4n) is 1.35. The van der Waals surface area contributed by atoms with Crippen LogP contribution in [0, 0.1) is 5.82 Å². The molecule has 1 unspecified atom stereocenters. The van der Waals surface area contributed by atoms with Crippen molar-refractivity contribution in [3.8, 4) is 0 Å². The molecule has 4 heteroatoms. The number of benzene rings is 1. The average molecular weight is 241 g/mol. The monoisotopic (exact) mass is 241 g/mol. The Morgan fingerprint density at radius 3 is 2.50 bits per heavy atom. The largest absolute Gasteiger partial charge is 0.338 e. The summed E-state index contributed by atoms with van der Waals surface area (Å²) in [5, 5.41) is 0. The topological polar surface area (TPSA) is 20.3 Å². The van der Waals surface area contributed by atoms with Crippen LogP contribution in [0.2, 0.25) is 0 Å². The van der Waals surface area contributed by atoms with Gasteiger partial charge in [-0.05, 0) is 37.4 Å². The summed E-state index contributed by atoms with van der Waals surface area (Å²) in [6.07, 6.45) is 2.01.